The van der Waals surface area contributed by atoms with Gasteiger partial charge in [0, 0.05) is 23.8 Å². The zero-order valence-corrected chi connectivity index (χ0v) is 13.4. The minimum Gasteiger partial charge on any atom is -0.367 e. The summed E-state index contributed by atoms with van der Waals surface area (Å²) in [6, 6.07) is 5.63. The molecule has 1 aromatic heterocycles. The third-order valence-electron chi connectivity index (χ3n) is 5.06. The van der Waals surface area contributed by atoms with Crippen LogP contribution in [0.1, 0.15) is 69.9 Å². The summed E-state index contributed by atoms with van der Waals surface area (Å²) in [5, 5.41) is 3.68. The van der Waals surface area contributed by atoms with Crippen LogP contribution in [0.25, 0.3) is 0 Å². The van der Waals surface area contributed by atoms with E-state index in [0.717, 1.165) is 5.82 Å². The maximum atomic E-state index is 4.65. The Morgan fingerprint density at radius 3 is 2.90 bits per heavy atom. The lowest BCUT2D eigenvalue weighted by Gasteiger charge is -2.37. The van der Waals surface area contributed by atoms with Crippen molar-refractivity contribution in [3.63, 3.8) is 0 Å². The second kappa shape index (κ2) is 7.26. The van der Waals surface area contributed by atoms with Crippen LogP contribution in [-0.2, 0) is 0 Å². The molecule has 1 aromatic rings. The number of nitrogens with zero attached hydrogens (tertiary/aromatic N) is 2. The lowest BCUT2D eigenvalue weighted by molar-refractivity contribution is 0.147. The van der Waals surface area contributed by atoms with Crippen LogP contribution in [0.5, 0.6) is 0 Å². The number of aromatic nitrogens is 1. The molecule has 1 atom stereocenters. The standard InChI is InChI=1S/C18H29N3/c1-2-3-13-21-14-5-4-11-17(21)16-10-7-12-19-18(16)20-15-8-6-9-15/h7,10,12,15,17H,2-6,8-9,11,13-14H2,1H3,(H,19,20). The van der Waals surface area contributed by atoms with Gasteiger partial charge in [0.05, 0.1) is 0 Å². The highest BCUT2D eigenvalue weighted by molar-refractivity contribution is 5.47. The second-order valence-corrected chi connectivity index (χ2v) is 6.61. The highest BCUT2D eigenvalue weighted by atomic mass is 15.2. The van der Waals surface area contributed by atoms with Gasteiger partial charge >= 0.3 is 0 Å². The Kier molecular flexibility index (Phi) is 5.13. The van der Waals surface area contributed by atoms with E-state index in [0.29, 0.717) is 12.1 Å². The molecular weight excluding hydrogens is 258 g/mol. The molecule has 1 unspecified atom stereocenters. The number of hydrogen-bond donors (Lipinski definition) is 1. The van der Waals surface area contributed by atoms with Gasteiger partial charge in [0.25, 0.3) is 0 Å². The largest absolute Gasteiger partial charge is 0.367 e. The van der Waals surface area contributed by atoms with Gasteiger partial charge in [0.15, 0.2) is 0 Å². The molecule has 2 heterocycles. The summed E-state index contributed by atoms with van der Waals surface area (Å²) in [6.45, 7) is 4.77. The first-order chi connectivity index (χ1) is 10.4. The predicted molar refractivity (Wildman–Crippen MR) is 88.6 cm³/mol. The number of nitrogens with one attached hydrogen (secondary N) is 1. The van der Waals surface area contributed by atoms with Crippen molar-refractivity contribution in [1.29, 1.82) is 0 Å². The van der Waals surface area contributed by atoms with Crippen LogP contribution in [0.4, 0.5) is 5.82 Å². The van der Waals surface area contributed by atoms with E-state index in [9.17, 15) is 0 Å². The molecule has 0 radical (unpaired) electrons. The Balaban J connectivity index is 1.76. The summed E-state index contributed by atoms with van der Waals surface area (Å²) < 4.78 is 0. The summed E-state index contributed by atoms with van der Waals surface area (Å²) in [5.74, 6) is 1.15. The van der Waals surface area contributed by atoms with Crippen LogP contribution in [0.3, 0.4) is 0 Å². The van der Waals surface area contributed by atoms with Crippen molar-refractivity contribution in [3.05, 3.63) is 23.9 Å². The van der Waals surface area contributed by atoms with Crippen molar-refractivity contribution in [3.8, 4) is 0 Å². The molecule has 3 heteroatoms. The third kappa shape index (κ3) is 3.57. The maximum Gasteiger partial charge on any atom is 0.130 e. The van der Waals surface area contributed by atoms with Gasteiger partial charge in [-0.2, -0.15) is 0 Å². The molecule has 1 aliphatic heterocycles. The summed E-state index contributed by atoms with van der Waals surface area (Å²) in [6.07, 6.45) is 12.5. The summed E-state index contributed by atoms with van der Waals surface area (Å²) in [4.78, 5) is 7.34. The average molecular weight is 287 g/mol. The highest BCUT2D eigenvalue weighted by Gasteiger charge is 2.27. The molecule has 116 valence electrons. The van der Waals surface area contributed by atoms with Crippen molar-refractivity contribution in [2.24, 2.45) is 0 Å². The SMILES string of the molecule is CCCCN1CCCCC1c1cccnc1NC1CCC1. The highest BCUT2D eigenvalue weighted by Crippen LogP contribution is 2.35. The van der Waals surface area contributed by atoms with E-state index in [1.807, 2.05) is 6.20 Å². The van der Waals surface area contributed by atoms with Gasteiger partial charge in [-0.25, -0.2) is 4.98 Å². The first-order valence-electron chi connectivity index (χ1n) is 8.84. The van der Waals surface area contributed by atoms with Gasteiger partial charge in [-0.15, -0.1) is 0 Å². The third-order valence-corrected chi connectivity index (χ3v) is 5.06. The van der Waals surface area contributed by atoms with Crippen molar-refractivity contribution in [1.82, 2.24) is 9.88 Å². The fraction of sp³-hybridized carbons (Fsp3) is 0.722. The average Bonchev–Trinajstić information content (AvgIpc) is 2.50. The lowest BCUT2D eigenvalue weighted by atomic mass is 9.91. The Hall–Kier alpha value is -1.09. The second-order valence-electron chi connectivity index (χ2n) is 6.61. The summed E-state index contributed by atoms with van der Waals surface area (Å²) >= 11 is 0. The number of pyridine rings is 1. The molecule has 1 saturated carbocycles. The Morgan fingerprint density at radius 1 is 1.24 bits per heavy atom. The van der Waals surface area contributed by atoms with Crippen molar-refractivity contribution >= 4 is 5.82 Å². The summed E-state index contributed by atoms with van der Waals surface area (Å²) in [5.41, 5.74) is 1.43. The molecular formula is C18H29N3. The van der Waals surface area contributed by atoms with Gasteiger partial charge in [-0.05, 0) is 57.7 Å². The maximum absolute atomic E-state index is 4.65. The smallest absolute Gasteiger partial charge is 0.130 e. The van der Waals surface area contributed by atoms with Gasteiger partial charge < -0.3 is 5.32 Å². The van der Waals surface area contributed by atoms with Crippen molar-refractivity contribution in [2.45, 2.75) is 70.4 Å². The molecule has 2 aliphatic rings. The van der Waals surface area contributed by atoms with Gasteiger partial charge in [0.2, 0.25) is 0 Å². The van der Waals surface area contributed by atoms with Gasteiger partial charge in [0.1, 0.15) is 5.82 Å². The quantitative estimate of drug-likeness (QED) is 0.842. The monoisotopic (exact) mass is 287 g/mol. The minimum atomic E-state index is 0.571. The first-order valence-corrected chi connectivity index (χ1v) is 8.84. The molecule has 3 rings (SSSR count). The first kappa shape index (κ1) is 14.8. The van der Waals surface area contributed by atoms with E-state index in [2.05, 4.69) is 34.3 Å². The number of rotatable bonds is 6. The molecule has 2 fully saturated rings. The van der Waals surface area contributed by atoms with Crippen LogP contribution in [0.2, 0.25) is 0 Å². The van der Waals surface area contributed by atoms with E-state index < -0.39 is 0 Å². The van der Waals surface area contributed by atoms with Crippen LogP contribution in [0, 0.1) is 0 Å². The van der Waals surface area contributed by atoms with Crippen LogP contribution < -0.4 is 5.32 Å². The predicted octanol–water partition coefficient (Wildman–Crippen LogP) is 4.37. The molecule has 0 bridgehead atoms. The van der Waals surface area contributed by atoms with Crippen molar-refractivity contribution in [2.75, 3.05) is 18.4 Å². The van der Waals surface area contributed by atoms with Crippen LogP contribution in [-0.4, -0.2) is 29.0 Å². The van der Waals surface area contributed by atoms with Crippen molar-refractivity contribution < 1.29 is 0 Å². The molecule has 1 aliphatic carbocycles. The zero-order valence-electron chi connectivity index (χ0n) is 13.4. The summed E-state index contributed by atoms with van der Waals surface area (Å²) in [7, 11) is 0. The van der Waals surface area contributed by atoms with Crippen LogP contribution in [0.15, 0.2) is 18.3 Å². The number of likely N-dealkylation sites (tertiary alicyclic amines) is 1. The lowest BCUT2D eigenvalue weighted by Crippen LogP contribution is -2.35. The number of piperidine rings is 1. The number of anilines is 1. The molecule has 1 saturated heterocycles. The number of hydrogen-bond acceptors (Lipinski definition) is 3. The Morgan fingerprint density at radius 2 is 2.14 bits per heavy atom. The molecule has 0 aromatic carbocycles. The Bertz CT molecular complexity index is 442. The normalized spacial score (nSPS) is 23.8. The topological polar surface area (TPSA) is 28.2 Å². The van der Waals surface area contributed by atoms with E-state index in [4.69, 9.17) is 0 Å². The molecule has 1 N–H and O–H groups in total. The van der Waals surface area contributed by atoms with E-state index in [-0.39, 0.29) is 0 Å². The molecule has 21 heavy (non-hydrogen) atoms. The molecule has 0 spiro atoms. The number of unbranched alkanes of at least 4 members (excludes halogenated alkanes) is 1. The van der Waals surface area contributed by atoms with Gasteiger partial charge in [-0.1, -0.05) is 25.8 Å². The van der Waals surface area contributed by atoms with E-state index in [1.54, 1.807) is 0 Å². The fourth-order valence-electron chi connectivity index (χ4n) is 3.53. The van der Waals surface area contributed by atoms with E-state index >= 15 is 0 Å². The fourth-order valence-corrected chi connectivity index (χ4v) is 3.53. The minimum absolute atomic E-state index is 0.571. The Labute approximate surface area is 129 Å². The zero-order chi connectivity index (χ0) is 14.5. The molecule has 3 nitrogen and oxygen atoms in total. The van der Waals surface area contributed by atoms with Crippen LogP contribution >= 0.6 is 0 Å². The van der Waals surface area contributed by atoms with Gasteiger partial charge in [-0.3, -0.25) is 4.90 Å². The molecule has 0 amide bonds. The van der Waals surface area contributed by atoms with E-state index in [1.165, 1.54) is 70.0 Å².